The van der Waals surface area contributed by atoms with Crippen molar-refractivity contribution in [2.24, 2.45) is 0 Å². The fourth-order valence-electron chi connectivity index (χ4n) is 1.53. The maximum atomic E-state index is 10.8. The Bertz CT molecular complexity index is 566. The molecule has 0 atom stereocenters. The van der Waals surface area contributed by atoms with Gasteiger partial charge in [-0.25, -0.2) is 9.78 Å². The number of aliphatic hydroxyl groups is 1. The highest BCUT2D eigenvalue weighted by molar-refractivity contribution is 5.85. The number of rotatable bonds is 5. The van der Waals surface area contributed by atoms with Gasteiger partial charge < -0.3 is 14.9 Å². The zero-order valence-corrected chi connectivity index (χ0v) is 10.1. The Hall–Kier alpha value is -2.40. The fourth-order valence-corrected chi connectivity index (χ4v) is 1.53. The van der Waals surface area contributed by atoms with Crippen LogP contribution < -0.4 is 4.74 Å². The van der Waals surface area contributed by atoms with E-state index in [2.05, 4.69) is 4.98 Å². The molecule has 1 aromatic carbocycles. The SMILES string of the molecule is O=C(O)c1cccc(COc2ccc(CO)cc2)n1. The van der Waals surface area contributed by atoms with E-state index in [0.717, 1.165) is 5.56 Å². The summed E-state index contributed by atoms with van der Waals surface area (Å²) in [7, 11) is 0. The minimum atomic E-state index is -1.06. The first-order chi connectivity index (χ1) is 9.19. The summed E-state index contributed by atoms with van der Waals surface area (Å²) >= 11 is 0. The molecule has 2 rings (SSSR count). The van der Waals surface area contributed by atoms with Crippen LogP contribution in [0.5, 0.6) is 5.75 Å². The lowest BCUT2D eigenvalue weighted by molar-refractivity contribution is 0.0690. The van der Waals surface area contributed by atoms with E-state index in [1.807, 2.05) is 0 Å². The number of aromatic nitrogens is 1. The number of carboxylic acid groups (broad SMARTS) is 1. The molecule has 1 aromatic heterocycles. The van der Waals surface area contributed by atoms with Crippen molar-refractivity contribution in [1.82, 2.24) is 4.98 Å². The topological polar surface area (TPSA) is 79.7 Å². The third-order valence-corrected chi connectivity index (χ3v) is 2.52. The Morgan fingerprint density at radius 1 is 1.16 bits per heavy atom. The first-order valence-electron chi connectivity index (χ1n) is 5.71. The van der Waals surface area contributed by atoms with Crippen molar-refractivity contribution >= 4 is 5.97 Å². The molecule has 0 fully saturated rings. The van der Waals surface area contributed by atoms with Gasteiger partial charge in [0.1, 0.15) is 18.1 Å². The molecule has 0 aliphatic rings. The van der Waals surface area contributed by atoms with Gasteiger partial charge in [-0.3, -0.25) is 0 Å². The van der Waals surface area contributed by atoms with Crippen LogP contribution in [0.2, 0.25) is 0 Å². The molecule has 98 valence electrons. The molecule has 5 heteroatoms. The summed E-state index contributed by atoms with van der Waals surface area (Å²) < 4.78 is 5.49. The Morgan fingerprint density at radius 2 is 1.89 bits per heavy atom. The smallest absolute Gasteiger partial charge is 0.354 e. The summed E-state index contributed by atoms with van der Waals surface area (Å²) in [5.41, 5.74) is 1.35. The van der Waals surface area contributed by atoms with Crippen molar-refractivity contribution in [3.05, 3.63) is 59.4 Å². The number of ether oxygens (including phenoxy) is 1. The van der Waals surface area contributed by atoms with E-state index in [1.165, 1.54) is 6.07 Å². The van der Waals surface area contributed by atoms with Crippen molar-refractivity contribution in [1.29, 1.82) is 0 Å². The van der Waals surface area contributed by atoms with Crippen LogP contribution >= 0.6 is 0 Å². The number of benzene rings is 1. The van der Waals surface area contributed by atoms with Gasteiger partial charge in [-0.2, -0.15) is 0 Å². The van der Waals surface area contributed by atoms with Gasteiger partial charge >= 0.3 is 5.97 Å². The maximum absolute atomic E-state index is 10.8. The normalized spacial score (nSPS) is 10.2. The van der Waals surface area contributed by atoms with Crippen molar-refractivity contribution in [3.63, 3.8) is 0 Å². The molecule has 0 saturated heterocycles. The summed E-state index contributed by atoms with van der Waals surface area (Å²) in [5, 5.41) is 17.7. The number of nitrogens with zero attached hydrogens (tertiary/aromatic N) is 1. The molecular formula is C14H13NO4. The van der Waals surface area contributed by atoms with E-state index in [9.17, 15) is 4.79 Å². The van der Waals surface area contributed by atoms with Crippen molar-refractivity contribution in [3.8, 4) is 5.75 Å². The molecule has 1 heterocycles. The molecule has 5 nitrogen and oxygen atoms in total. The minimum absolute atomic E-state index is 0.00303. The van der Waals surface area contributed by atoms with Gasteiger partial charge in [-0.1, -0.05) is 18.2 Å². The van der Waals surface area contributed by atoms with Crippen LogP contribution in [-0.2, 0) is 13.2 Å². The van der Waals surface area contributed by atoms with Gasteiger partial charge in [0.25, 0.3) is 0 Å². The molecule has 0 bridgehead atoms. The van der Waals surface area contributed by atoms with E-state index in [-0.39, 0.29) is 18.9 Å². The molecule has 0 unspecified atom stereocenters. The quantitative estimate of drug-likeness (QED) is 0.856. The Morgan fingerprint density at radius 3 is 2.53 bits per heavy atom. The number of aliphatic hydroxyl groups excluding tert-OH is 1. The Kier molecular flexibility index (Phi) is 4.10. The van der Waals surface area contributed by atoms with Crippen LogP contribution in [0.25, 0.3) is 0 Å². The summed E-state index contributed by atoms with van der Waals surface area (Å²) in [6.45, 7) is 0.183. The summed E-state index contributed by atoms with van der Waals surface area (Å²) in [6.07, 6.45) is 0. The van der Waals surface area contributed by atoms with Gasteiger partial charge in [-0.05, 0) is 29.8 Å². The molecule has 0 amide bonds. The molecule has 2 aromatic rings. The lowest BCUT2D eigenvalue weighted by Crippen LogP contribution is -2.04. The zero-order valence-electron chi connectivity index (χ0n) is 10.1. The van der Waals surface area contributed by atoms with Gasteiger partial charge in [0, 0.05) is 0 Å². The molecule has 0 radical (unpaired) electrons. The molecule has 0 spiro atoms. The number of carbonyl (C=O) groups is 1. The fraction of sp³-hybridized carbons (Fsp3) is 0.143. The molecule has 0 aliphatic carbocycles. The monoisotopic (exact) mass is 259 g/mol. The Balaban J connectivity index is 2.01. The number of hydrogen-bond acceptors (Lipinski definition) is 4. The van der Waals surface area contributed by atoms with Gasteiger partial charge in [0.05, 0.1) is 12.3 Å². The van der Waals surface area contributed by atoms with Crippen LogP contribution in [-0.4, -0.2) is 21.2 Å². The van der Waals surface area contributed by atoms with E-state index in [4.69, 9.17) is 14.9 Å². The second kappa shape index (κ2) is 5.97. The first-order valence-corrected chi connectivity index (χ1v) is 5.71. The van der Waals surface area contributed by atoms with Gasteiger partial charge in [0.15, 0.2) is 0 Å². The summed E-state index contributed by atoms with van der Waals surface area (Å²) in [4.78, 5) is 14.7. The second-order valence-electron chi connectivity index (χ2n) is 3.91. The lowest BCUT2D eigenvalue weighted by atomic mass is 10.2. The average molecular weight is 259 g/mol. The van der Waals surface area contributed by atoms with Crippen LogP contribution in [0.1, 0.15) is 21.7 Å². The predicted molar refractivity (Wildman–Crippen MR) is 67.9 cm³/mol. The van der Waals surface area contributed by atoms with Gasteiger partial charge in [0.2, 0.25) is 0 Å². The Labute approximate surface area is 110 Å². The molecule has 0 saturated carbocycles. The van der Waals surface area contributed by atoms with E-state index >= 15 is 0 Å². The van der Waals surface area contributed by atoms with Crippen molar-refractivity contribution in [2.75, 3.05) is 0 Å². The van der Waals surface area contributed by atoms with Crippen LogP contribution in [0.15, 0.2) is 42.5 Å². The highest BCUT2D eigenvalue weighted by Crippen LogP contribution is 2.13. The number of hydrogen-bond donors (Lipinski definition) is 2. The highest BCUT2D eigenvalue weighted by atomic mass is 16.5. The third-order valence-electron chi connectivity index (χ3n) is 2.52. The van der Waals surface area contributed by atoms with Crippen molar-refractivity contribution < 1.29 is 19.7 Å². The maximum Gasteiger partial charge on any atom is 0.354 e. The van der Waals surface area contributed by atoms with E-state index in [1.54, 1.807) is 36.4 Å². The molecule has 0 aliphatic heterocycles. The van der Waals surface area contributed by atoms with E-state index < -0.39 is 5.97 Å². The number of pyridine rings is 1. The summed E-state index contributed by atoms with van der Waals surface area (Å²) in [5.74, 6) is -0.422. The molecule has 2 N–H and O–H groups in total. The summed E-state index contributed by atoms with van der Waals surface area (Å²) in [6, 6.07) is 11.8. The number of aromatic carboxylic acids is 1. The standard InChI is InChI=1S/C14H13NO4/c16-8-10-4-6-12(7-5-10)19-9-11-2-1-3-13(15-11)14(17)18/h1-7,16H,8-9H2,(H,17,18). The second-order valence-corrected chi connectivity index (χ2v) is 3.91. The van der Waals surface area contributed by atoms with Crippen LogP contribution in [0, 0.1) is 0 Å². The largest absolute Gasteiger partial charge is 0.487 e. The third kappa shape index (κ3) is 3.53. The van der Waals surface area contributed by atoms with Crippen molar-refractivity contribution in [2.45, 2.75) is 13.2 Å². The first kappa shape index (κ1) is 13.0. The van der Waals surface area contributed by atoms with Crippen LogP contribution in [0.3, 0.4) is 0 Å². The van der Waals surface area contributed by atoms with E-state index in [0.29, 0.717) is 11.4 Å². The average Bonchev–Trinajstić information content (AvgIpc) is 2.46. The van der Waals surface area contributed by atoms with Crippen LogP contribution in [0.4, 0.5) is 0 Å². The minimum Gasteiger partial charge on any atom is -0.487 e. The number of carboxylic acids is 1. The lowest BCUT2D eigenvalue weighted by Gasteiger charge is -2.06. The predicted octanol–water partition coefficient (Wildman–Crippen LogP) is 1.85. The molecule has 19 heavy (non-hydrogen) atoms. The zero-order chi connectivity index (χ0) is 13.7. The highest BCUT2D eigenvalue weighted by Gasteiger charge is 2.05. The van der Waals surface area contributed by atoms with Gasteiger partial charge in [-0.15, -0.1) is 0 Å². The molecular weight excluding hydrogens is 246 g/mol.